The number of phenolic OH excluding ortho intramolecular Hbond substituents is 1. The molecule has 17 heavy (non-hydrogen) atoms. The zero-order chi connectivity index (χ0) is 12.5. The van der Waals surface area contributed by atoms with Gasteiger partial charge in [0.25, 0.3) is 0 Å². The molecule has 1 aliphatic rings. The molecular formula is C12H10N2O3. The Morgan fingerprint density at radius 3 is 2.71 bits per heavy atom. The largest absolute Gasteiger partial charge is 0.507 e. The molecule has 86 valence electrons. The van der Waals surface area contributed by atoms with Crippen molar-refractivity contribution in [3.05, 3.63) is 23.3 Å². The summed E-state index contributed by atoms with van der Waals surface area (Å²) >= 11 is 0. The van der Waals surface area contributed by atoms with Crippen LogP contribution in [0.1, 0.15) is 24.0 Å². The molecule has 1 saturated carbocycles. The molecule has 5 nitrogen and oxygen atoms in total. The average Bonchev–Trinajstić information content (AvgIpc) is 3.09. The lowest BCUT2D eigenvalue weighted by Gasteiger charge is -2.12. The van der Waals surface area contributed by atoms with Gasteiger partial charge in [-0.15, -0.1) is 0 Å². The van der Waals surface area contributed by atoms with Gasteiger partial charge in [0.05, 0.1) is 12.7 Å². The molecule has 0 spiro atoms. The van der Waals surface area contributed by atoms with Gasteiger partial charge in [-0.2, -0.15) is 10.3 Å². The van der Waals surface area contributed by atoms with Gasteiger partial charge in [0, 0.05) is 11.6 Å². The second-order valence-corrected chi connectivity index (χ2v) is 3.92. The molecule has 0 atom stereocenters. The highest BCUT2D eigenvalue weighted by Gasteiger charge is 2.47. The SMILES string of the molecule is COc1cc(O)c(C2(N=C=O)CC2)cc1C#N. The number of phenols is 1. The number of hydrogen-bond donors (Lipinski definition) is 1. The molecule has 5 heteroatoms. The van der Waals surface area contributed by atoms with Gasteiger partial charge in [0.1, 0.15) is 23.1 Å². The van der Waals surface area contributed by atoms with E-state index in [4.69, 9.17) is 10.00 Å². The summed E-state index contributed by atoms with van der Waals surface area (Å²) in [6.45, 7) is 0. The molecular weight excluding hydrogens is 220 g/mol. The summed E-state index contributed by atoms with van der Waals surface area (Å²) in [5.41, 5.74) is 0.106. The van der Waals surface area contributed by atoms with Gasteiger partial charge in [-0.1, -0.05) is 0 Å². The van der Waals surface area contributed by atoms with E-state index in [1.807, 2.05) is 6.07 Å². The van der Waals surface area contributed by atoms with E-state index in [0.717, 1.165) is 0 Å². The molecule has 0 radical (unpaired) electrons. The fourth-order valence-electron chi connectivity index (χ4n) is 1.85. The van der Waals surface area contributed by atoms with Crippen molar-refractivity contribution in [3.63, 3.8) is 0 Å². The summed E-state index contributed by atoms with van der Waals surface area (Å²) in [7, 11) is 1.42. The monoisotopic (exact) mass is 230 g/mol. The minimum Gasteiger partial charge on any atom is -0.507 e. The van der Waals surface area contributed by atoms with Crippen LogP contribution in [0.5, 0.6) is 11.5 Å². The number of nitriles is 1. The average molecular weight is 230 g/mol. The third-order valence-electron chi connectivity index (χ3n) is 2.92. The van der Waals surface area contributed by atoms with E-state index >= 15 is 0 Å². The number of rotatable bonds is 3. The number of methoxy groups -OCH3 is 1. The molecule has 0 heterocycles. The first-order valence-electron chi connectivity index (χ1n) is 5.07. The Balaban J connectivity index is 2.57. The van der Waals surface area contributed by atoms with Crippen LogP contribution < -0.4 is 4.74 Å². The lowest BCUT2D eigenvalue weighted by Crippen LogP contribution is -2.04. The summed E-state index contributed by atoms with van der Waals surface area (Å²) in [5, 5.41) is 18.8. The van der Waals surface area contributed by atoms with Crippen LogP contribution in [0.2, 0.25) is 0 Å². The number of nitrogens with zero attached hydrogens (tertiary/aromatic N) is 2. The molecule has 1 N–H and O–H groups in total. The van der Waals surface area contributed by atoms with Crippen LogP contribution in [0, 0.1) is 11.3 Å². The van der Waals surface area contributed by atoms with Crippen LogP contribution in [0.25, 0.3) is 0 Å². The van der Waals surface area contributed by atoms with Crippen molar-refractivity contribution in [2.75, 3.05) is 7.11 Å². The molecule has 2 rings (SSSR count). The summed E-state index contributed by atoms with van der Waals surface area (Å²) < 4.78 is 4.97. The number of aromatic hydroxyl groups is 1. The van der Waals surface area contributed by atoms with Gasteiger partial charge in [0.2, 0.25) is 6.08 Å². The van der Waals surface area contributed by atoms with Gasteiger partial charge in [-0.25, -0.2) is 4.79 Å². The van der Waals surface area contributed by atoms with Crippen molar-refractivity contribution in [3.8, 4) is 17.6 Å². The van der Waals surface area contributed by atoms with Crippen LogP contribution in [0.15, 0.2) is 17.1 Å². The summed E-state index contributed by atoms with van der Waals surface area (Å²) in [4.78, 5) is 14.1. The smallest absolute Gasteiger partial charge is 0.235 e. The van der Waals surface area contributed by atoms with Crippen molar-refractivity contribution in [2.45, 2.75) is 18.4 Å². The van der Waals surface area contributed by atoms with Crippen LogP contribution in [0.3, 0.4) is 0 Å². The zero-order valence-electron chi connectivity index (χ0n) is 9.23. The van der Waals surface area contributed by atoms with Gasteiger partial charge in [0.15, 0.2) is 0 Å². The Kier molecular flexibility index (Phi) is 2.58. The molecule has 0 saturated heterocycles. The van der Waals surface area contributed by atoms with E-state index in [9.17, 15) is 9.90 Å². The zero-order valence-corrected chi connectivity index (χ0v) is 9.23. The maximum absolute atomic E-state index is 10.4. The van der Waals surface area contributed by atoms with Crippen LogP contribution in [0.4, 0.5) is 0 Å². The number of carbonyl (C=O) groups excluding carboxylic acids is 1. The molecule has 0 aliphatic heterocycles. The second-order valence-electron chi connectivity index (χ2n) is 3.92. The fraction of sp³-hybridized carbons (Fsp3) is 0.333. The summed E-state index contributed by atoms with van der Waals surface area (Å²) in [6.07, 6.45) is 2.86. The minimum absolute atomic E-state index is 0.0163. The molecule has 1 aliphatic carbocycles. The number of ether oxygens (including phenoxy) is 1. The van der Waals surface area contributed by atoms with E-state index in [-0.39, 0.29) is 5.75 Å². The quantitative estimate of drug-likeness (QED) is 0.631. The molecule has 0 unspecified atom stereocenters. The van der Waals surface area contributed by atoms with Crippen molar-refractivity contribution >= 4 is 6.08 Å². The topological polar surface area (TPSA) is 82.7 Å². The van der Waals surface area contributed by atoms with Gasteiger partial charge in [-0.05, 0) is 18.9 Å². The Bertz CT molecular complexity index is 550. The third kappa shape index (κ3) is 1.75. The van der Waals surface area contributed by atoms with E-state index in [1.165, 1.54) is 25.3 Å². The Morgan fingerprint density at radius 1 is 1.53 bits per heavy atom. The fourth-order valence-corrected chi connectivity index (χ4v) is 1.85. The van der Waals surface area contributed by atoms with E-state index in [2.05, 4.69) is 4.99 Å². The minimum atomic E-state index is -0.691. The van der Waals surface area contributed by atoms with Crippen molar-refractivity contribution in [2.24, 2.45) is 4.99 Å². The maximum Gasteiger partial charge on any atom is 0.235 e. The van der Waals surface area contributed by atoms with Crippen molar-refractivity contribution in [1.82, 2.24) is 0 Å². The number of hydrogen-bond acceptors (Lipinski definition) is 5. The molecule has 0 aromatic heterocycles. The van der Waals surface area contributed by atoms with Crippen LogP contribution >= 0.6 is 0 Å². The molecule has 1 fully saturated rings. The molecule has 0 amide bonds. The van der Waals surface area contributed by atoms with Gasteiger partial charge in [-0.3, -0.25) is 0 Å². The second kappa shape index (κ2) is 3.93. The Labute approximate surface area is 98.0 Å². The van der Waals surface area contributed by atoms with E-state index in [1.54, 1.807) is 0 Å². The van der Waals surface area contributed by atoms with E-state index in [0.29, 0.717) is 29.7 Å². The predicted octanol–water partition coefficient (Wildman–Crippen LogP) is 1.60. The van der Waals surface area contributed by atoms with Crippen LogP contribution in [-0.4, -0.2) is 18.3 Å². The summed E-state index contributed by atoms with van der Waals surface area (Å²) in [6, 6.07) is 4.86. The highest BCUT2D eigenvalue weighted by Crippen LogP contribution is 2.53. The van der Waals surface area contributed by atoms with Gasteiger partial charge >= 0.3 is 0 Å². The standard InChI is InChI=1S/C12H10N2O3/c1-17-11-5-10(16)9(4-8(11)6-13)12(2-3-12)14-7-15/h4-5,16H,2-3H2,1H3. The Morgan fingerprint density at radius 2 is 2.24 bits per heavy atom. The molecule has 0 bridgehead atoms. The van der Waals surface area contributed by atoms with Crippen molar-refractivity contribution in [1.29, 1.82) is 5.26 Å². The normalized spacial score (nSPS) is 15.5. The first kappa shape index (κ1) is 11.2. The van der Waals surface area contributed by atoms with Gasteiger partial charge < -0.3 is 9.84 Å². The number of isocyanates is 1. The predicted molar refractivity (Wildman–Crippen MR) is 58.4 cm³/mol. The highest BCUT2D eigenvalue weighted by molar-refractivity contribution is 5.56. The maximum atomic E-state index is 10.4. The molecule has 1 aromatic carbocycles. The lowest BCUT2D eigenvalue weighted by molar-refractivity contribution is 0.403. The van der Waals surface area contributed by atoms with Crippen molar-refractivity contribution < 1.29 is 14.6 Å². The lowest BCUT2D eigenvalue weighted by atomic mass is 10.0. The number of benzene rings is 1. The molecule has 1 aromatic rings. The number of aliphatic imine (C=N–C) groups is 1. The third-order valence-corrected chi connectivity index (χ3v) is 2.92. The highest BCUT2D eigenvalue weighted by atomic mass is 16.5. The van der Waals surface area contributed by atoms with Crippen LogP contribution in [-0.2, 0) is 10.3 Å². The Hall–Kier alpha value is -2.31. The first-order chi connectivity index (χ1) is 8.16. The van der Waals surface area contributed by atoms with E-state index < -0.39 is 5.54 Å². The first-order valence-corrected chi connectivity index (χ1v) is 5.07. The summed E-state index contributed by atoms with van der Waals surface area (Å²) in [5.74, 6) is 0.289.